The molecule has 0 saturated heterocycles. The zero-order chi connectivity index (χ0) is 22.1. The minimum Gasteiger partial charge on any atom is -0.774 e. The van der Waals surface area contributed by atoms with Crippen LogP contribution < -0.4 is 5.46 Å². The molecule has 173 valence electrons. The molecule has 2 nitrogen and oxygen atoms in total. The topological polar surface area (TPSA) is 31.5 Å². The van der Waals surface area contributed by atoms with Crippen LogP contribution in [0, 0.1) is 7.43 Å². The number of hydrogen-bond acceptors (Lipinski definition) is 1. The van der Waals surface area contributed by atoms with Gasteiger partial charge in [-0.3, -0.25) is 0 Å². The molecule has 0 aromatic heterocycles. The van der Waals surface area contributed by atoms with E-state index in [9.17, 15) is 31.8 Å². The molecule has 0 amide bonds. The fraction of sp³-hybridized carbons (Fsp3) is 0.579. The van der Waals surface area contributed by atoms with Crippen molar-refractivity contribution in [3.05, 3.63) is 42.2 Å². The zero-order valence-corrected chi connectivity index (χ0v) is 19.9. The van der Waals surface area contributed by atoms with Gasteiger partial charge in [0.05, 0.1) is 27.6 Å². The van der Waals surface area contributed by atoms with E-state index in [2.05, 4.69) is 0 Å². The molecule has 1 rings (SSSR count). The first-order valence-corrected chi connectivity index (χ1v) is 10.2. The molecule has 0 aliphatic heterocycles. The molecule has 0 bridgehead atoms. The molecule has 1 aromatic carbocycles. The van der Waals surface area contributed by atoms with Crippen molar-refractivity contribution in [1.82, 2.24) is 0 Å². The maximum Gasteiger partial charge on any atom is 2.00 e. The van der Waals surface area contributed by atoms with Crippen molar-refractivity contribution in [3.8, 4) is 0 Å². The number of nitrogens with zero attached hydrogens (tertiary/aromatic N) is 1. The first-order chi connectivity index (χ1) is 12.3. The monoisotopic (exact) mass is 499 g/mol. The number of hydrogen-bond donors (Lipinski definition) is 0. The van der Waals surface area contributed by atoms with Crippen LogP contribution in [0.3, 0.4) is 0 Å². The Morgan fingerprint density at radius 1 is 0.867 bits per heavy atom. The fourth-order valence-corrected chi connectivity index (χ4v) is 6.73. The van der Waals surface area contributed by atoms with Gasteiger partial charge < -0.3 is 17.5 Å². The Morgan fingerprint density at radius 2 is 1.23 bits per heavy atom. The molecule has 11 heteroatoms. The SMILES string of the molecule is CC(C)(C)[PH+](CC(=[N-])O[B]c1cc(C(F)(F)F)cc(C(F)(F)F)c1)C(C)(C)C.[CH3-].[Ni+2]. The quantitative estimate of drug-likeness (QED) is 0.121. The third kappa shape index (κ3) is 9.60. The molecule has 1 radical (unpaired) electrons. The van der Waals surface area contributed by atoms with Gasteiger partial charge in [0.2, 0.25) is 0 Å². The Bertz CT molecular complexity index is 665. The molecule has 0 fully saturated rings. The van der Waals surface area contributed by atoms with Crippen LogP contribution in [0.25, 0.3) is 5.41 Å². The number of halogens is 6. The predicted octanol–water partition coefficient (Wildman–Crippen LogP) is 6.21. The molecule has 30 heavy (non-hydrogen) atoms. The second-order valence-electron chi connectivity index (χ2n) is 8.62. The van der Waals surface area contributed by atoms with Gasteiger partial charge in [-0.2, -0.15) is 26.3 Å². The van der Waals surface area contributed by atoms with E-state index in [1.807, 2.05) is 41.5 Å². The third-order valence-electron chi connectivity index (χ3n) is 4.08. The summed E-state index contributed by atoms with van der Waals surface area (Å²) in [6.07, 6.45) is -9.69. The molecule has 0 aliphatic carbocycles. The minimum absolute atomic E-state index is 0. The summed E-state index contributed by atoms with van der Waals surface area (Å²) in [7, 11) is -0.519. The Balaban J connectivity index is 0. The molecule has 0 unspecified atom stereocenters. The first-order valence-electron chi connectivity index (χ1n) is 8.53. The molecular formula is C19H27BF6NNiOP+. The van der Waals surface area contributed by atoms with E-state index >= 15 is 0 Å². The van der Waals surface area contributed by atoms with E-state index < -0.39 is 42.8 Å². The zero-order valence-electron chi connectivity index (χ0n) is 18.0. The van der Waals surface area contributed by atoms with E-state index in [4.69, 9.17) is 4.65 Å². The Labute approximate surface area is 187 Å². The fourth-order valence-electron chi connectivity index (χ4n) is 3.03. The van der Waals surface area contributed by atoms with Crippen LogP contribution >= 0.6 is 7.92 Å². The van der Waals surface area contributed by atoms with Crippen molar-refractivity contribution in [1.29, 1.82) is 0 Å². The summed E-state index contributed by atoms with van der Waals surface area (Å²) in [6, 6.07) is 1.13. The van der Waals surface area contributed by atoms with E-state index in [1.54, 1.807) is 0 Å². The van der Waals surface area contributed by atoms with Gasteiger partial charge in [-0.1, -0.05) is 12.1 Å². The van der Waals surface area contributed by atoms with Crippen molar-refractivity contribution in [2.45, 2.75) is 64.2 Å². The van der Waals surface area contributed by atoms with Gasteiger partial charge >= 0.3 is 36.3 Å². The van der Waals surface area contributed by atoms with Crippen LogP contribution in [0.5, 0.6) is 0 Å². The summed E-state index contributed by atoms with van der Waals surface area (Å²) in [5.41, 5.74) is -3.31. The van der Waals surface area contributed by atoms with Crippen LogP contribution in [-0.4, -0.2) is 29.9 Å². The summed E-state index contributed by atoms with van der Waals surface area (Å²) < 4.78 is 82.4. The summed E-state index contributed by atoms with van der Waals surface area (Å²) in [5, 5.41) is 9.89. The number of rotatable bonds is 4. The molecule has 0 atom stereocenters. The van der Waals surface area contributed by atoms with Gasteiger partial charge in [0.15, 0.2) is 0 Å². The largest absolute Gasteiger partial charge is 2.00 e. The van der Waals surface area contributed by atoms with Crippen LogP contribution in [0.2, 0.25) is 0 Å². The van der Waals surface area contributed by atoms with Crippen molar-refractivity contribution < 1.29 is 47.5 Å². The second-order valence-corrected chi connectivity index (χ2v) is 12.9. The number of benzene rings is 1. The average molecular weight is 500 g/mol. The molecule has 1 aromatic rings. The normalized spacial score (nSPS) is 12.7. The Kier molecular flexibility index (Phi) is 11.2. The summed E-state index contributed by atoms with van der Waals surface area (Å²) in [5.74, 6) is -0.426. The molecule has 0 spiro atoms. The molecule has 0 aliphatic rings. The van der Waals surface area contributed by atoms with Crippen LogP contribution in [-0.2, 0) is 33.5 Å². The maximum atomic E-state index is 12.9. The van der Waals surface area contributed by atoms with E-state index in [0.717, 1.165) is 0 Å². The van der Waals surface area contributed by atoms with Gasteiger partial charge in [0, 0.05) is 7.92 Å². The van der Waals surface area contributed by atoms with E-state index in [1.165, 1.54) is 0 Å². The van der Waals surface area contributed by atoms with Gasteiger partial charge in [0.1, 0.15) is 0 Å². The minimum atomic E-state index is -4.94. The van der Waals surface area contributed by atoms with Crippen LogP contribution in [0.4, 0.5) is 26.3 Å². The first kappa shape index (κ1) is 31.4. The van der Waals surface area contributed by atoms with Crippen molar-refractivity contribution in [2.75, 3.05) is 6.16 Å². The van der Waals surface area contributed by atoms with Gasteiger partial charge in [-0.15, -0.1) is 0 Å². The molecular weight excluding hydrogens is 473 g/mol. The van der Waals surface area contributed by atoms with Crippen LogP contribution in [0.15, 0.2) is 18.2 Å². The number of alkyl halides is 6. The van der Waals surface area contributed by atoms with Crippen molar-refractivity contribution in [3.63, 3.8) is 0 Å². The predicted molar refractivity (Wildman–Crippen MR) is 110 cm³/mol. The summed E-state index contributed by atoms with van der Waals surface area (Å²) >= 11 is 0. The van der Waals surface area contributed by atoms with Crippen LogP contribution in [0.1, 0.15) is 52.7 Å². The molecule has 0 saturated carbocycles. The average Bonchev–Trinajstić information content (AvgIpc) is 2.46. The van der Waals surface area contributed by atoms with Gasteiger partial charge in [-0.25, -0.2) is 0 Å². The smallest absolute Gasteiger partial charge is 0.774 e. The summed E-state index contributed by atoms with van der Waals surface area (Å²) in [4.78, 5) is 0. The third-order valence-corrected chi connectivity index (χ3v) is 8.36. The molecule has 0 heterocycles. The second kappa shape index (κ2) is 10.7. The van der Waals surface area contributed by atoms with E-state index in [-0.39, 0.29) is 46.5 Å². The van der Waals surface area contributed by atoms with E-state index in [0.29, 0.717) is 19.6 Å². The van der Waals surface area contributed by atoms with Gasteiger partial charge in [-0.05, 0) is 59.0 Å². The Morgan fingerprint density at radius 3 is 1.53 bits per heavy atom. The summed E-state index contributed by atoms with van der Waals surface area (Å²) in [6.45, 7) is 12.1. The van der Waals surface area contributed by atoms with Gasteiger partial charge in [0.25, 0.3) is 0 Å². The van der Waals surface area contributed by atoms with Crippen molar-refractivity contribution >= 4 is 26.8 Å². The maximum absolute atomic E-state index is 12.9. The Hall–Kier alpha value is -0.742. The molecule has 0 N–H and O–H groups in total. The van der Waals surface area contributed by atoms with Crippen molar-refractivity contribution in [2.24, 2.45) is 0 Å². The standard InChI is InChI=1S/C18H23BF6NOP.CH3.Ni/c1-15(2,3)28(16(4,5)6)10-14(26)27-19-13-8-11(17(20,21)22)7-12(9-13)18(23,24)25;;/h7-9H,10H2,1-6H3;1H3;/q2*-1;+2/p+1.